The number of benzene rings is 1. The van der Waals surface area contributed by atoms with Gasteiger partial charge in [0, 0.05) is 31.2 Å². The second-order valence-electron chi connectivity index (χ2n) is 5.21. The van der Waals surface area contributed by atoms with Crippen LogP contribution in [-0.4, -0.2) is 38.3 Å². The zero-order valence-corrected chi connectivity index (χ0v) is 11.1. The number of fused-ring (bicyclic) bond motifs is 1. The molecule has 1 atom stereocenters. The molecule has 3 rings (SSSR count). The summed E-state index contributed by atoms with van der Waals surface area (Å²) in [5, 5.41) is 3.34. The first-order valence-corrected chi connectivity index (χ1v) is 7.04. The Morgan fingerprint density at radius 2 is 2.32 bits per heavy atom. The smallest absolute Gasteiger partial charge is 0.228 e. The van der Waals surface area contributed by atoms with Crippen molar-refractivity contribution in [1.82, 2.24) is 5.32 Å². The maximum atomic E-state index is 12.5. The van der Waals surface area contributed by atoms with Crippen LogP contribution in [0.5, 0.6) is 0 Å². The third-order valence-electron chi connectivity index (χ3n) is 3.83. The first kappa shape index (κ1) is 12.6. The van der Waals surface area contributed by atoms with E-state index in [1.54, 1.807) is 0 Å². The molecule has 0 aromatic heterocycles. The number of carbonyl (C=O) groups is 1. The lowest BCUT2D eigenvalue weighted by Crippen LogP contribution is -2.46. The second kappa shape index (κ2) is 5.72. The lowest BCUT2D eigenvalue weighted by atomic mass is 10.0. The van der Waals surface area contributed by atoms with Gasteiger partial charge in [-0.1, -0.05) is 18.2 Å². The molecule has 4 heteroatoms. The lowest BCUT2D eigenvalue weighted by molar-refractivity contribution is -0.119. The number of rotatable bonds is 2. The molecule has 1 fully saturated rings. The fourth-order valence-electron chi connectivity index (χ4n) is 2.86. The zero-order chi connectivity index (χ0) is 13.1. The Balaban J connectivity index is 1.70. The Morgan fingerprint density at radius 1 is 1.42 bits per heavy atom. The summed E-state index contributed by atoms with van der Waals surface area (Å²) in [5.74, 6) is 0.204. The largest absolute Gasteiger partial charge is 0.378 e. The first-order valence-electron chi connectivity index (χ1n) is 7.04. The number of morpholine rings is 1. The Kier molecular flexibility index (Phi) is 3.80. The molecule has 2 heterocycles. The molecule has 1 N–H and O–H groups in total. The number of nitrogens with zero attached hydrogens (tertiary/aromatic N) is 1. The zero-order valence-electron chi connectivity index (χ0n) is 11.1. The van der Waals surface area contributed by atoms with Gasteiger partial charge in [0.05, 0.1) is 13.2 Å². The van der Waals surface area contributed by atoms with Gasteiger partial charge in [0.2, 0.25) is 5.91 Å². The SMILES string of the molecule is O=C(CC1COCCN1)N1CCCc2ccccc21. The average Bonchev–Trinajstić information content (AvgIpc) is 2.47. The number of ether oxygens (including phenoxy) is 1. The van der Waals surface area contributed by atoms with Gasteiger partial charge in [0.1, 0.15) is 0 Å². The summed E-state index contributed by atoms with van der Waals surface area (Å²) in [6.07, 6.45) is 2.65. The molecule has 19 heavy (non-hydrogen) atoms. The maximum absolute atomic E-state index is 12.5. The summed E-state index contributed by atoms with van der Waals surface area (Å²) >= 11 is 0. The number of para-hydroxylation sites is 1. The summed E-state index contributed by atoms with van der Waals surface area (Å²) in [6, 6.07) is 8.39. The highest BCUT2D eigenvalue weighted by molar-refractivity contribution is 5.94. The summed E-state index contributed by atoms with van der Waals surface area (Å²) in [6.45, 7) is 3.07. The molecule has 1 aromatic carbocycles. The Morgan fingerprint density at radius 3 is 3.16 bits per heavy atom. The number of aryl methyl sites for hydroxylation is 1. The van der Waals surface area contributed by atoms with Crippen molar-refractivity contribution in [1.29, 1.82) is 0 Å². The van der Waals surface area contributed by atoms with E-state index in [2.05, 4.69) is 17.4 Å². The van der Waals surface area contributed by atoms with Crippen molar-refractivity contribution < 1.29 is 9.53 Å². The van der Waals surface area contributed by atoms with Crippen LogP contribution in [0.3, 0.4) is 0 Å². The Bertz CT molecular complexity index is 455. The van der Waals surface area contributed by atoms with Crippen LogP contribution in [0.4, 0.5) is 5.69 Å². The van der Waals surface area contributed by atoms with E-state index < -0.39 is 0 Å². The van der Waals surface area contributed by atoms with Crippen molar-refractivity contribution in [3.05, 3.63) is 29.8 Å². The van der Waals surface area contributed by atoms with Crippen LogP contribution in [0.1, 0.15) is 18.4 Å². The molecule has 4 nitrogen and oxygen atoms in total. The lowest BCUT2D eigenvalue weighted by Gasteiger charge is -2.31. The third kappa shape index (κ3) is 2.80. The summed E-state index contributed by atoms with van der Waals surface area (Å²) in [4.78, 5) is 14.4. The molecule has 102 valence electrons. The fraction of sp³-hybridized carbons (Fsp3) is 0.533. The molecular formula is C15H20N2O2. The average molecular weight is 260 g/mol. The van der Waals surface area contributed by atoms with Crippen LogP contribution in [-0.2, 0) is 16.0 Å². The van der Waals surface area contributed by atoms with E-state index in [1.165, 1.54) is 5.56 Å². The minimum atomic E-state index is 0.162. The Hall–Kier alpha value is -1.39. The molecule has 0 spiro atoms. The number of hydrogen-bond acceptors (Lipinski definition) is 3. The van der Waals surface area contributed by atoms with Crippen LogP contribution in [0.2, 0.25) is 0 Å². The summed E-state index contributed by atoms with van der Waals surface area (Å²) in [5.41, 5.74) is 2.38. The van der Waals surface area contributed by atoms with Crippen molar-refractivity contribution in [3.63, 3.8) is 0 Å². The molecule has 1 unspecified atom stereocenters. The minimum absolute atomic E-state index is 0.162. The number of hydrogen-bond donors (Lipinski definition) is 1. The van der Waals surface area contributed by atoms with E-state index in [0.717, 1.165) is 38.2 Å². The van der Waals surface area contributed by atoms with Crippen molar-refractivity contribution in [2.45, 2.75) is 25.3 Å². The van der Waals surface area contributed by atoms with Crippen molar-refractivity contribution >= 4 is 11.6 Å². The standard InChI is InChI=1S/C15H20N2O2/c18-15(10-13-11-19-9-7-16-13)17-8-3-5-12-4-1-2-6-14(12)17/h1-2,4,6,13,16H,3,5,7-11H2. The van der Waals surface area contributed by atoms with Crippen molar-refractivity contribution in [2.24, 2.45) is 0 Å². The number of amides is 1. The van der Waals surface area contributed by atoms with Gasteiger partial charge in [-0.2, -0.15) is 0 Å². The van der Waals surface area contributed by atoms with Crippen LogP contribution < -0.4 is 10.2 Å². The molecule has 2 aliphatic rings. The van der Waals surface area contributed by atoms with Crippen LogP contribution in [0.25, 0.3) is 0 Å². The fourth-order valence-corrected chi connectivity index (χ4v) is 2.86. The van der Waals surface area contributed by atoms with E-state index >= 15 is 0 Å². The molecule has 0 radical (unpaired) electrons. The second-order valence-corrected chi connectivity index (χ2v) is 5.21. The van der Waals surface area contributed by atoms with Gasteiger partial charge in [-0.05, 0) is 24.5 Å². The number of carbonyl (C=O) groups excluding carboxylic acids is 1. The highest BCUT2D eigenvalue weighted by Gasteiger charge is 2.25. The summed E-state index contributed by atoms with van der Waals surface area (Å²) in [7, 11) is 0. The first-order chi connectivity index (χ1) is 9.34. The number of anilines is 1. The highest BCUT2D eigenvalue weighted by Crippen LogP contribution is 2.27. The molecule has 1 amide bonds. The third-order valence-corrected chi connectivity index (χ3v) is 3.83. The highest BCUT2D eigenvalue weighted by atomic mass is 16.5. The molecule has 1 saturated heterocycles. The number of nitrogens with one attached hydrogen (secondary N) is 1. The van der Waals surface area contributed by atoms with E-state index in [-0.39, 0.29) is 11.9 Å². The van der Waals surface area contributed by atoms with Gasteiger partial charge in [0.15, 0.2) is 0 Å². The molecule has 0 saturated carbocycles. The normalized spacial score (nSPS) is 22.9. The van der Waals surface area contributed by atoms with Crippen LogP contribution >= 0.6 is 0 Å². The van der Waals surface area contributed by atoms with Gasteiger partial charge >= 0.3 is 0 Å². The van der Waals surface area contributed by atoms with Gasteiger partial charge in [-0.15, -0.1) is 0 Å². The van der Waals surface area contributed by atoms with Gasteiger partial charge in [-0.25, -0.2) is 0 Å². The topological polar surface area (TPSA) is 41.6 Å². The van der Waals surface area contributed by atoms with E-state index in [1.807, 2.05) is 17.0 Å². The monoisotopic (exact) mass is 260 g/mol. The van der Waals surface area contributed by atoms with Gasteiger partial charge in [0.25, 0.3) is 0 Å². The quantitative estimate of drug-likeness (QED) is 0.872. The predicted octanol–water partition coefficient (Wildman–Crippen LogP) is 1.34. The van der Waals surface area contributed by atoms with Crippen LogP contribution in [0, 0.1) is 0 Å². The van der Waals surface area contributed by atoms with Crippen molar-refractivity contribution in [3.8, 4) is 0 Å². The van der Waals surface area contributed by atoms with Crippen molar-refractivity contribution in [2.75, 3.05) is 31.2 Å². The van der Waals surface area contributed by atoms with Gasteiger partial charge in [-0.3, -0.25) is 4.79 Å². The van der Waals surface area contributed by atoms with E-state index in [9.17, 15) is 4.79 Å². The van der Waals surface area contributed by atoms with Gasteiger partial charge < -0.3 is 15.0 Å². The maximum Gasteiger partial charge on any atom is 0.228 e. The molecule has 0 aliphatic carbocycles. The van der Waals surface area contributed by atoms with Crippen LogP contribution in [0.15, 0.2) is 24.3 Å². The molecule has 0 bridgehead atoms. The summed E-state index contributed by atoms with van der Waals surface area (Å²) < 4.78 is 5.41. The van der Waals surface area contributed by atoms with E-state index in [0.29, 0.717) is 13.0 Å². The molecule has 1 aromatic rings. The molecule has 2 aliphatic heterocycles. The molecular weight excluding hydrogens is 240 g/mol. The van der Waals surface area contributed by atoms with E-state index in [4.69, 9.17) is 4.74 Å². The Labute approximate surface area is 113 Å². The minimum Gasteiger partial charge on any atom is -0.378 e. The predicted molar refractivity (Wildman–Crippen MR) is 74.3 cm³/mol.